The Morgan fingerprint density at radius 3 is 2.32 bits per heavy atom. The Labute approximate surface area is 187 Å². The first-order chi connectivity index (χ1) is 15.2. The fourth-order valence-electron chi connectivity index (χ4n) is 4.50. The Bertz CT molecular complexity index is 837. The van der Waals surface area contributed by atoms with Crippen LogP contribution in [0.1, 0.15) is 40.7 Å². The molecule has 5 heteroatoms. The molecule has 166 valence electrons. The third-order valence-electron chi connectivity index (χ3n) is 6.57. The summed E-state index contributed by atoms with van der Waals surface area (Å²) in [4.78, 5) is 20.2. The molecule has 2 fully saturated rings. The van der Waals surface area contributed by atoms with Crippen molar-refractivity contribution in [3.63, 3.8) is 0 Å². The number of piperidine rings is 1. The molecule has 0 spiro atoms. The summed E-state index contributed by atoms with van der Waals surface area (Å²) >= 11 is 0. The summed E-state index contributed by atoms with van der Waals surface area (Å²) in [5, 5.41) is 3.06. The van der Waals surface area contributed by atoms with Gasteiger partial charge >= 0.3 is 0 Å². The van der Waals surface area contributed by atoms with E-state index in [9.17, 15) is 4.79 Å². The van der Waals surface area contributed by atoms with Gasteiger partial charge in [-0.15, -0.1) is 0 Å². The largest absolute Gasteiger partial charge is 0.322 e. The van der Waals surface area contributed by atoms with Crippen LogP contribution in [0.4, 0.5) is 5.69 Å². The Balaban J connectivity index is 1.28. The van der Waals surface area contributed by atoms with Crippen LogP contribution < -0.4 is 5.32 Å². The van der Waals surface area contributed by atoms with Crippen LogP contribution in [0.5, 0.6) is 0 Å². The maximum Gasteiger partial charge on any atom is 0.255 e. The minimum atomic E-state index is -0.0405. The topological polar surface area (TPSA) is 38.8 Å². The molecule has 2 aliphatic heterocycles. The number of rotatable bonds is 7. The Morgan fingerprint density at radius 2 is 1.58 bits per heavy atom. The van der Waals surface area contributed by atoms with Gasteiger partial charge in [-0.3, -0.25) is 9.69 Å². The first kappa shape index (κ1) is 22.0. The van der Waals surface area contributed by atoms with Crippen LogP contribution in [-0.4, -0.2) is 73.5 Å². The van der Waals surface area contributed by atoms with Crippen molar-refractivity contribution in [3.8, 4) is 0 Å². The van der Waals surface area contributed by atoms with Gasteiger partial charge in [0.05, 0.1) is 0 Å². The average Bonchev–Trinajstić information content (AvgIpc) is 2.81. The number of hydrogen-bond donors (Lipinski definition) is 1. The SMILES string of the molecule is CN1CCN(Cc2cccc(C(=O)Nc3ccc(CCN4CCCCC4)cc3)c2)CC1. The number of nitrogens with zero attached hydrogens (tertiary/aromatic N) is 3. The first-order valence-corrected chi connectivity index (χ1v) is 11.8. The van der Waals surface area contributed by atoms with Crippen LogP contribution >= 0.6 is 0 Å². The smallest absolute Gasteiger partial charge is 0.255 e. The number of benzene rings is 2. The average molecular weight is 421 g/mol. The molecule has 0 unspecified atom stereocenters. The predicted molar refractivity (Wildman–Crippen MR) is 128 cm³/mol. The van der Waals surface area contributed by atoms with Crippen molar-refractivity contribution >= 4 is 11.6 Å². The summed E-state index contributed by atoms with van der Waals surface area (Å²) in [6.45, 7) is 8.88. The highest BCUT2D eigenvalue weighted by Gasteiger charge is 2.15. The zero-order valence-electron chi connectivity index (χ0n) is 18.9. The summed E-state index contributed by atoms with van der Waals surface area (Å²) < 4.78 is 0. The zero-order chi connectivity index (χ0) is 21.5. The highest BCUT2D eigenvalue weighted by Crippen LogP contribution is 2.15. The number of amides is 1. The fraction of sp³-hybridized carbons (Fsp3) is 0.500. The molecule has 2 saturated heterocycles. The van der Waals surface area contributed by atoms with Crippen LogP contribution in [0.15, 0.2) is 48.5 Å². The number of nitrogens with one attached hydrogen (secondary N) is 1. The van der Waals surface area contributed by atoms with Crippen LogP contribution in [0.2, 0.25) is 0 Å². The van der Waals surface area contributed by atoms with Gasteiger partial charge in [0.25, 0.3) is 5.91 Å². The fourth-order valence-corrected chi connectivity index (χ4v) is 4.50. The standard InChI is InChI=1S/C26H36N4O/c1-28-16-18-30(19-17-28)21-23-6-5-7-24(20-23)26(31)27-25-10-8-22(9-11-25)12-15-29-13-3-2-4-14-29/h5-11,20H,2-4,12-19,21H2,1H3,(H,27,31). The lowest BCUT2D eigenvalue weighted by molar-refractivity contribution is 0.102. The number of likely N-dealkylation sites (N-methyl/N-ethyl adjacent to an activating group) is 1. The van der Waals surface area contributed by atoms with E-state index in [0.29, 0.717) is 0 Å². The van der Waals surface area contributed by atoms with Gasteiger partial charge in [-0.2, -0.15) is 0 Å². The zero-order valence-corrected chi connectivity index (χ0v) is 18.9. The quantitative estimate of drug-likeness (QED) is 0.741. The van der Waals surface area contributed by atoms with Crippen molar-refractivity contribution in [2.75, 3.05) is 58.2 Å². The van der Waals surface area contributed by atoms with Gasteiger partial charge in [0.2, 0.25) is 0 Å². The monoisotopic (exact) mass is 420 g/mol. The molecule has 31 heavy (non-hydrogen) atoms. The van der Waals surface area contributed by atoms with Crippen LogP contribution in [0, 0.1) is 0 Å². The minimum absolute atomic E-state index is 0.0405. The van der Waals surface area contributed by atoms with Gasteiger partial charge in [0.15, 0.2) is 0 Å². The van der Waals surface area contributed by atoms with Crippen LogP contribution in [-0.2, 0) is 13.0 Å². The van der Waals surface area contributed by atoms with Crippen molar-refractivity contribution in [1.82, 2.24) is 14.7 Å². The Kier molecular flexibility index (Phi) is 7.73. The minimum Gasteiger partial charge on any atom is -0.322 e. The highest BCUT2D eigenvalue weighted by atomic mass is 16.1. The van der Waals surface area contributed by atoms with Gasteiger partial charge in [-0.1, -0.05) is 30.7 Å². The second kappa shape index (κ2) is 10.9. The van der Waals surface area contributed by atoms with Crippen LogP contribution in [0.3, 0.4) is 0 Å². The number of carbonyl (C=O) groups excluding carboxylic acids is 1. The maximum absolute atomic E-state index is 12.8. The lowest BCUT2D eigenvalue weighted by Crippen LogP contribution is -2.43. The van der Waals surface area contributed by atoms with Gasteiger partial charge in [-0.25, -0.2) is 0 Å². The lowest BCUT2D eigenvalue weighted by atomic mass is 10.1. The molecule has 0 atom stereocenters. The molecule has 0 saturated carbocycles. The summed E-state index contributed by atoms with van der Waals surface area (Å²) in [6.07, 6.45) is 5.12. The molecule has 1 N–H and O–H groups in total. The molecule has 0 radical (unpaired) electrons. The molecular weight excluding hydrogens is 384 g/mol. The molecule has 1 amide bonds. The lowest BCUT2D eigenvalue weighted by Gasteiger charge is -2.32. The third kappa shape index (κ3) is 6.63. The van der Waals surface area contributed by atoms with E-state index in [4.69, 9.17) is 0 Å². The molecule has 0 aromatic heterocycles. The van der Waals surface area contributed by atoms with Gasteiger partial charge in [0.1, 0.15) is 0 Å². The van der Waals surface area contributed by atoms with E-state index in [1.165, 1.54) is 43.5 Å². The molecule has 2 aliphatic rings. The van der Waals surface area contributed by atoms with E-state index in [2.05, 4.69) is 45.3 Å². The molecule has 4 rings (SSSR count). The summed E-state index contributed by atoms with van der Waals surface area (Å²) in [5.41, 5.74) is 4.11. The Hall–Kier alpha value is -2.21. The van der Waals surface area contributed by atoms with E-state index >= 15 is 0 Å². The van der Waals surface area contributed by atoms with Crippen molar-refractivity contribution in [3.05, 3.63) is 65.2 Å². The Morgan fingerprint density at radius 1 is 0.839 bits per heavy atom. The number of hydrogen-bond acceptors (Lipinski definition) is 4. The van der Waals surface area contributed by atoms with E-state index < -0.39 is 0 Å². The highest BCUT2D eigenvalue weighted by molar-refractivity contribution is 6.04. The molecule has 0 aliphatic carbocycles. The summed E-state index contributed by atoms with van der Waals surface area (Å²) in [6, 6.07) is 16.4. The summed E-state index contributed by atoms with van der Waals surface area (Å²) in [5.74, 6) is -0.0405. The van der Waals surface area contributed by atoms with Crippen molar-refractivity contribution < 1.29 is 4.79 Å². The van der Waals surface area contributed by atoms with E-state index in [1.807, 2.05) is 30.3 Å². The third-order valence-corrected chi connectivity index (χ3v) is 6.57. The van der Waals surface area contributed by atoms with Crippen molar-refractivity contribution in [2.45, 2.75) is 32.2 Å². The predicted octanol–water partition coefficient (Wildman–Crippen LogP) is 3.71. The number of anilines is 1. The second-order valence-corrected chi connectivity index (χ2v) is 9.08. The molecule has 2 heterocycles. The number of carbonyl (C=O) groups is 1. The van der Waals surface area contributed by atoms with Crippen molar-refractivity contribution in [2.24, 2.45) is 0 Å². The molecule has 2 aromatic carbocycles. The molecule has 2 aromatic rings. The van der Waals surface area contributed by atoms with Gasteiger partial charge in [0, 0.05) is 50.5 Å². The van der Waals surface area contributed by atoms with Crippen LogP contribution in [0.25, 0.3) is 0 Å². The first-order valence-electron chi connectivity index (χ1n) is 11.8. The van der Waals surface area contributed by atoms with E-state index in [1.54, 1.807) is 0 Å². The summed E-state index contributed by atoms with van der Waals surface area (Å²) in [7, 11) is 2.17. The maximum atomic E-state index is 12.8. The number of likely N-dealkylation sites (tertiary alicyclic amines) is 1. The molecular formula is C26H36N4O. The van der Waals surface area contributed by atoms with Gasteiger partial charge in [-0.05, 0) is 74.8 Å². The number of piperazine rings is 1. The van der Waals surface area contributed by atoms with E-state index in [-0.39, 0.29) is 5.91 Å². The molecule has 5 nitrogen and oxygen atoms in total. The van der Waals surface area contributed by atoms with E-state index in [0.717, 1.165) is 56.9 Å². The molecule has 0 bridgehead atoms. The van der Waals surface area contributed by atoms with Gasteiger partial charge < -0.3 is 15.1 Å². The second-order valence-electron chi connectivity index (χ2n) is 9.08. The normalized spacial score (nSPS) is 18.7. The van der Waals surface area contributed by atoms with Crippen molar-refractivity contribution in [1.29, 1.82) is 0 Å².